The molecule has 0 spiro atoms. The van der Waals surface area contributed by atoms with Crippen LogP contribution in [0.3, 0.4) is 0 Å². The molecule has 1 aromatic carbocycles. The number of methoxy groups -OCH3 is 1. The first-order valence-corrected chi connectivity index (χ1v) is 5.96. The number of urea groups is 1. The standard InChI is InChI=1S/C12H15ClN2O3/c1-18-10-5-3-2-4-9(10)6-7-14-12(17)15-11(16)8-13/h2-5H,6-8H2,1H3,(H2,14,15,16,17). The van der Waals surface area contributed by atoms with Gasteiger partial charge in [0.15, 0.2) is 0 Å². The molecule has 0 saturated carbocycles. The van der Waals surface area contributed by atoms with Gasteiger partial charge in [-0.05, 0) is 18.1 Å². The Bertz CT molecular complexity index is 424. The molecule has 6 heteroatoms. The minimum atomic E-state index is -0.546. The van der Waals surface area contributed by atoms with Crippen LogP contribution in [0.25, 0.3) is 0 Å². The summed E-state index contributed by atoms with van der Waals surface area (Å²) in [7, 11) is 1.60. The molecule has 0 unspecified atom stereocenters. The van der Waals surface area contributed by atoms with Gasteiger partial charge in [-0.1, -0.05) is 18.2 Å². The number of benzene rings is 1. The van der Waals surface area contributed by atoms with Gasteiger partial charge in [-0.3, -0.25) is 10.1 Å². The summed E-state index contributed by atoms with van der Waals surface area (Å²) in [5, 5.41) is 4.65. The van der Waals surface area contributed by atoms with Crippen LogP contribution in [0.4, 0.5) is 4.79 Å². The molecule has 18 heavy (non-hydrogen) atoms. The lowest BCUT2D eigenvalue weighted by atomic mass is 10.1. The van der Waals surface area contributed by atoms with Crippen molar-refractivity contribution in [1.29, 1.82) is 0 Å². The van der Waals surface area contributed by atoms with E-state index in [1.165, 1.54) is 0 Å². The molecule has 5 nitrogen and oxygen atoms in total. The van der Waals surface area contributed by atoms with Crippen LogP contribution in [0.2, 0.25) is 0 Å². The molecule has 0 bridgehead atoms. The van der Waals surface area contributed by atoms with Gasteiger partial charge < -0.3 is 10.1 Å². The van der Waals surface area contributed by atoms with Crippen molar-refractivity contribution in [2.45, 2.75) is 6.42 Å². The van der Waals surface area contributed by atoms with Crippen molar-refractivity contribution in [2.24, 2.45) is 0 Å². The van der Waals surface area contributed by atoms with Crippen LogP contribution < -0.4 is 15.4 Å². The zero-order chi connectivity index (χ0) is 13.4. The maximum atomic E-state index is 11.2. The molecule has 0 saturated heterocycles. The summed E-state index contributed by atoms with van der Waals surface area (Å²) < 4.78 is 5.18. The van der Waals surface area contributed by atoms with E-state index in [9.17, 15) is 9.59 Å². The second kappa shape index (κ2) is 7.55. The lowest BCUT2D eigenvalue weighted by molar-refractivity contribution is -0.117. The summed E-state index contributed by atoms with van der Waals surface area (Å²) in [5.74, 6) is 0.0166. The highest BCUT2D eigenvalue weighted by Crippen LogP contribution is 2.16. The molecule has 1 rings (SSSR count). The lowest BCUT2D eigenvalue weighted by Crippen LogP contribution is -2.40. The van der Waals surface area contributed by atoms with Crippen molar-refractivity contribution in [1.82, 2.24) is 10.6 Å². The number of carbonyl (C=O) groups excluding carboxylic acids is 2. The van der Waals surface area contributed by atoms with E-state index in [0.717, 1.165) is 11.3 Å². The molecule has 0 aromatic heterocycles. The fraction of sp³-hybridized carbons (Fsp3) is 0.333. The van der Waals surface area contributed by atoms with Gasteiger partial charge >= 0.3 is 6.03 Å². The van der Waals surface area contributed by atoms with Gasteiger partial charge in [-0.15, -0.1) is 11.6 Å². The summed E-state index contributed by atoms with van der Waals surface area (Å²) in [6, 6.07) is 7.00. The van der Waals surface area contributed by atoms with Crippen LogP contribution in [-0.4, -0.2) is 31.5 Å². The van der Waals surface area contributed by atoms with Crippen molar-refractivity contribution in [3.05, 3.63) is 29.8 Å². The second-order valence-electron chi connectivity index (χ2n) is 3.50. The number of hydrogen-bond donors (Lipinski definition) is 2. The second-order valence-corrected chi connectivity index (χ2v) is 3.77. The molecular formula is C12H15ClN2O3. The fourth-order valence-electron chi connectivity index (χ4n) is 1.42. The molecule has 98 valence electrons. The van der Waals surface area contributed by atoms with Crippen LogP contribution in [0.1, 0.15) is 5.56 Å². The van der Waals surface area contributed by atoms with Crippen LogP contribution in [0.5, 0.6) is 5.75 Å². The van der Waals surface area contributed by atoms with Crippen molar-refractivity contribution >= 4 is 23.5 Å². The van der Waals surface area contributed by atoms with Crippen molar-refractivity contribution < 1.29 is 14.3 Å². The van der Waals surface area contributed by atoms with E-state index in [1.54, 1.807) is 7.11 Å². The molecule has 0 heterocycles. The normalized spacial score (nSPS) is 9.67. The minimum absolute atomic E-state index is 0.236. The summed E-state index contributed by atoms with van der Waals surface area (Å²) in [6.07, 6.45) is 0.618. The maximum absolute atomic E-state index is 11.2. The quantitative estimate of drug-likeness (QED) is 0.793. The van der Waals surface area contributed by atoms with E-state index in [4.69, 9.17) is 16.3 Å². The predicted octanol–water partition coefficient (Wildman–Crippen LogP) is 1.30. The van der Waals surface area contributed by atoms with Crippen molar-refractivity contribution in [3.63, 3.8) is 0 Å². The van der Waals surface area contributed by atoms with Gasteiger partial charge in [0.2, 0.25) is 5.91 Å². The van der Waals surface area contributed by atoms with Crippen LogP contribution >= 0.6 is 11.6 Å². The number of ether oxygens (including phenoxy) is 1. The first kappa shape index (κ1) is 14.3. The van der Waals surface area contributed by atoms with Crippen molar-refractivity contribution in [3.8, 4) is 5.75 Å². The zero-order valence-electron chi connectivity index (χ0n) is 10.0. The Morgan fingerprint density at radius 1 is 1.33 bits per heavy atom. The molecule has 0 aliphatic rings. The highest BCUT2D eigenvalue weighted by atomic mass is 35.5. The van der Waals surface area contributed by atoms with E-state index in [2.05, 4.69) is 10.6 Å². The Kier molecular flexibility index (Phi) is 6.00. The number of carbonyl (C=O) groups is 2. The third-order valence-corrected chi connectivity index (χ3v) is 2.49. The molecule has 1 aromatic rings. The van der Waals surface area contributed by atoms with Gasteiger partial charge in [0, 0.05) is 6.54 Å². The Morgan fingerprint density at radius 2 is 2.06 bits per heavy atom. The monoisotopic (exact) mass is 270 g/mol. The number of hydrogen-bond acceptors (Lipinski definition) is 3. The molecule has 3 amide bonds. The molecule has 0 fully saturated rings. The highest BCUT2D eigenvalue weighted by Gasteiger charge is 2.06. The molecule has 0 radical (unpaired) electrons. The SMILES string of the molecule is COc1ccccc1CCNC(=O)NC(=O)CCl. The molecule has 2 N–H and O–H groups in total. The summed E-state index contributed by atoms with van der Waals surface area (Å²) in [5.41, 5.74) is 0.990. The highest BCUT2D eigenvalue weighted by molar-refractivity contribution is 6.28. The number of para-hydroxylation sites is 1. The number of halogens is 1. The predicted molar refractivity (Wildman–Crippen MR) is 69.0 cm³/mol. The third kappa shape index (κ3) is 4.63. The van der Waals surface area contributed by atoms with Gasteiger partial charge in [-0.25, -0.2) is 4.79 Å². The average molecular weight is 271 g/mol. The first-order valence-electron chi connectivity index (χ1n) is 5.43. The number of amides is 3. The number of alkyl halides is 1. The minimum Gasteiger partial charge on any atom is -0.496 e. The average Bonchev–Trinajstić information content (AvgIpc) is 2.39. The van der Waals surface area contributed by atoms with E-state index in [0.29, 0.717) is 13.0 Å². The molecular weight excluding hydrogens is 256 g/mol. The Balaban J connectivity index is 2.37. The lowest BCUT2D eigenvalue weighted by Gasteiger charge is -2.09. The Morgan fingerprint density at radius 3 is 2.72 bits per heavy atom. The van der Waals surface area contributed by atoms with Gasteiger partial charge in [0.05, 0.1) is 7.11 Å². The summed E-state index contributed by atoms with van der Waals surface area (Å²) in [4.78, 5) is 22.1. The number of rotatable bonds is 5. The maximum Gasteiger partial charge on any atom is 0.321 e. The smallest absolute Gasteiger partial charge is 0.321 e. The number of nitrogens with one attached hydrogen (secondary N) is 2. The summed E-state index contributed by atoms with van der Waals surface area (Å²) in [6.45, 7) is 0.405. The van der Waals surface area contributed by atoms with E-state index < -0.39 is 11.9 Å². The van der Waals surface area contributed by atoms with Gasteiger partial charge in [0.1, 0.15) is 11.6 Å². The van der Waals surface area contributed by atoms with Gasteiger partial charge in [-0.2, -0.15) is 0 Å². The Labute approximate surface area is 110 Å². The fourth-order valence-corrected chi connectivity index (χ4v) is 1.49. The van der Waals surface area contributed by atoms with E-state index in [-0.39, 0.29) is 5.88 Å². The van der Waals surface area contributed by atoms with Crippen LogP contribution in [0, 0.1) is 0 Å². The van der Waals surface area contributed by atoms with Gasteiger partial charge in [0.25, 0.3) is 0 Å². The zero-order valence-corrected chi connectivity index (χ0v) is 10.8. The van der Waals surface area contributed by atoms with Crippen LogP contribution in [-0.2, 0) is 11.2 Å². The molecule has 0 aliphatic heterocycles. The third-order valence-electron chi connectivity index (χ3n) is 2.25. The van der Waals surface area contributed by atoms with E-state index in [1.807, 2.05) is 24.3 Å². The Hall–Kier alpha value is -1.75. The van der Waals surface area contributed by atoms with E-state index >= 15 is 0 Å². The first-order chi connectivity index (χ1) is 8.67. The summed E-state index contributed by atoms with van der Waals surface area (Å²) >= 11 is 5.26. The molecule has 0 aliphatic carbocycles. The largest absolute Gasteiger partial charge is 0.496 e. The molecule has 0 atom stereocenters. The topological polar surface area (TPSA) is 67.4 Å². The van der Waals surface area contributed by atoms with Crippen LogP contribution in [0.15, 0.2) is 24.3 Å². The number of imide groups is 1. The van der Waals surface area contributed by atoms with Crippen molar-refractivity contribution in [2.75, 3.05) is 19.5 Å².